The van der Waals surface area contributed by atoms with Crippen molar-refractivity contribution in [3.05, 3.63) is 69.6 Å². The Bertz CT molecular complexity index is 1240. The van der Waals surface area contributed by atoms with Crippen LogP contribution >= 0.6 is 11.6 Å². The Kier molecular flexibility index (Phi) is 4.93. The number of halogens is 4. The minimum Gasteiger partial charge on any atom is -0.495 e. The van der Waals surface area contributed by atoms with Crippen LogP contribution in [0.1, 0.15) is 40.5 Å². The molecule has 0 N–H and O–H groups in total. The molecule has 0 spiro atoms. The number of hydrogen-bond donors (Lipinski definition) is 0. The summed E-state index contributed by atoms with van der Waals surface area (Å²) in [6, 6.07) is 6.63. The third kappa shape index (κ3) is 3.00. The molecule has 32 heavy (non-hydrogen) atoms. The molecule has 0 radical (unpaired) electrons. The first-order chi connectivity index (χ1) is 15.3. The molecule has 1 amide bonds. The van der Waals surface area contributed by atoms with E-state index in [1.165, 1.54) is 7.11 Å². The van der Waals surface area contributed by atoms with Crippen LogP contribution in [0.25, 0.3) is 11.3 Å². The Morgan fingerprint density at radius 3 is 2.59 bits per heavy atom. The van der Waals surface area contributed by atoms with Crippen molar-refractivity contribution in [2.24, 2.45) is 7.05 Å². The van der Waals surface area contributed by atoms with E-state index in [4.69, 9.17) is 16.3 Å². The maximum atomic E-state index is 13.9. The molecule has 0 unspecified atom stereocenters. The summed E-state index contributed by atoms with van der Waals surface area (Å²) in [5, 5.41) is 4.85. The quantitative estimate of drug-likeness (QED) is 0.512. The molecule has 0 aliphatic carbocycles. The second-order valence-electron chi connectivity index (χ2n) is 8.08. The number of carbonyl (C=O) groups is 1. The second-order valence-corrected chi connectivity index (χ2v) is 8.45. The largest absolute Gasteiger partial charge is 0.495 e. The van der Waals surface area contributed by atoms with E-state index >= 15 is 0 Å². The highest BCUT2D eigenvalue weighted by Gasteiger charge is 2.46. The summed E-state index contributed by atoms with van der Waals surface area (Å²) >= 11 is 6.40. The molecule has 5 rings (SSSR count). The average molecular weight is 462 g/mol. The molecule has 166 valence electrons. The number of amides is 1. The van der Waals surface area contributed by atoms with Crippen LogP contribution in [-0.2, 0) is 13.5 Å². The van der Waals surface area contributed by atoms with Gasteiger partial charge in [0.05, 0.1) is 35.1 Å². The number of benzene rings is 2. The number of hydrogen-bond acceptors (Lipinski definition) is 3. The number of methoxy groups -OCH3 is 1. The van der Waals surface area contributed by atoms with Gasteiger partial charge in [-0.05, 0) is 43.5 Å². The first-order valence-corrected chi connectivity index (χ1v) is 10.6. The van der Waals surface area contributed by atoms with Crippen LogP contribution in [0.5, 0.6) is 5.75 Å². The van der Waals surface area contributed by atoms with E-state index in [2.05, 4.69) is 5.10 Å². The lowest BCUT2D eigenvalue weighted by Crippen LogP contribution is -2.42. The number of fused-ring (bicyclic) bond motifs is 4. The molecule has 3 aromatic rings. The fourth-order valence-corrected chi connectivity index (χ4v) is 5.26. The van der Waals surface area contributed by atoms with Crippen LogP contribution in [0.2, 0.25) is 5.02 Å². The van der Waals surface area contributed by atoms with Gasteiger partial charge < -0.3 is 9.64 Å². The summed E-state index contributed by atoms with van der Waals surface area (Å²) in [5.41, 5.74) is 2.61. The van der Waals surface area contributed by atoms with Crippen LogP contribution < -0.4 is 4.74 Å². The third-order valence-electron chi connectivity index (χ3n) is 6.34. The monoisotopic (exact) mass is 461 g/mol. The molecule has 2 aliphatic rings. The SMILES string of the molecule is COc1cccc(C(=O)N2[C@H]3CC[C@@H]2c2nn(C)c(-c4cc(F)c(F)c(F)c4)c2C3)c1Cl. The number of aromatic nitrogens is 2. The Labute approximate surface area is 187 Å². The molecule has 9 heteroatoms. The van der Waals surface area contributed by atoms with Crippen molar-refractivity contribution in [2.75, 3.05) is 7.11 Å². The van der Waals surface area contributed by atoms with E-state index in [1.54, 1.807) is 34.8 Å². The molecule has 1 fully saturated rings. The van der Waals surface area contributed by atoms with Crippen LogP contribution in [0.4, 0.5) is 13.2 Å². The molecule has 1 saturated heterocycles. The van der Waals surface area contributed by atoms with Crippen molar-refractivity contribution in [3.63, 3.8) is 0 Å². The van der Waals surface area contributed by atoms with Gasteiger partial charge >= 0.3 is 0 Å². The lowest BCUT2D eigenvalue weighted by molar-refractivity contribution is 0.0642. The number of nitrogens with zero attached hydrogens (tertiary/aromatic N) is 3. The lowest BCUT2D eigenvalue weighted by atomic mass is 9.94. The third-order valence-corrected chi connectivity index (χ3v) is 6.73. The average Bonchev–Trinajstić information content (AvgIpc) is 3.27. The van der Waals surface area contributed by atoms with E-state index in [-0.39, 0.29) is 28.6 Å². The molecule has 2 aliphatic heterocycles. The van der Waals surface area contributed by atoms with Crippen molar-refractivity contribution in [3.8, 4) is 17.0 Å². The second kappa shape index (κ2) is 7.55. The van der Waals surface area contributed by atoms with E-state index in [0.717, 1.165) is 24.1 Å². The van der Waals surface area contributed by atoms with Gasteiger partial charge in [-0.2, -0.15) is 5.10 Å². The smallest absolute Gasteiger partial charge is 0.256 e. The van der Waals surface area contributed by atoms with Gasteiger partial charge in [-0.25, -0.2) is 13.2 Å². The Balaban J connectivity index is 1.57. The Morgan fingerprint density at radius 1 is 1.19 bits per heavy atom. The van der Waals surface area contributed by atoms with Crippen LogP contribution in [0.3, 0.4) is 0 Å². The van der Waals surface area contributed by atoms with E-state index in [9.17, 15) is 18.0 Å². The van der Waals surface area contributed by atoms with Gasteiger partial charge in [-0.1, -0.05) is 17.7 Å². The summed E-state index contributed by atoms with van der Waals surface area (Å²) in [6.45, 7) is 0. The molecule has 3 heterocycles. The molecule has 0 saturated carbocycles. The fourth-order valence-electron chi connectivity index (χ4n) is 4.98. The van der Waals surface area contributed by atoms with Crippen molar-refractivity contribution in [1.82, 2.24) is 14.7 Å². The van der Waals surface area contributed by atoms with Gasteiger partial charge in [0.15, 0.2) is 17.5 Å². The van der Waals surface area contributed by atoms with Crippen molar-refractivity contribution < 1.29 is 22.7 Å². The van der Waals surface area contributed by atoms with Crippen LogP contribution in [0.15, 0.2) is 30.3 Å². The normalized spacial score (nSPS) is 19.2. The van der Waals surface area contributed by atoms with Crippen molar-refractivity contribution in [1.29, 1.82) is 0 Å². The van der Waals surface area contributed by atoms with Crippen molar-refractivity contribution in [2.45, 2.75) is 31.3 Å². The standard InChI is InChI=1S/C23H19ClF3N3O2/c1-29-22(11-8-15(25)20(27)16(26)9-11)14-10-12-6-7-17(21(14)28-29)30(12)23(31)13-4-3-5-18(32-2)19(13)24/h3-5,8-9,12,17H,6-7,10H2,1-2H3/t12-,17+/m0/s1. The van der Waals surface area contributed by atoms with Gasteiger partial charge in [0.2, 0.25) is 0 Å². The summed E-state index contributed by atoms with van der Waals surface area (Å²) in [7, 11) is 3.16. The molecule has 2 atom stereocenters. The minimum atomic E-state index is -1.50. The highest BCUT2D eigenvalue weighted by Crippen LogP contribution is 2.47. The summed E-state index contributed by atoms with van der Waals surface area (Å²) < 4.78 is 48.0. The van der Waals surface area contributed by atoms with Gasteiger partial charge in [-0.15, -0.1) is 0 Å². The fraction of sp³-hybridized carbons (Fsp3) is 0.304. The Morgan fingerprint density at radius 2 is 1.91 bits per heavy atom. The predicted molar refractivity (Wildman–Crippen MR) is 112 cm³/mol. The van der Waals surface area contributed by atoms with Crippen molar-refractivity contribution >= 4 is 17.5 Å². The van der Waals surface area contributed by atoms with E-state index in [1.807, 2.05) is 0 Å². The number of aryl methyl sites for hydroxylation is 1. The number of rotatable bonds is 3. The molecule has 5 nitrogen and oxygen atoms in total. The lowest BCUT2D eigenvalue weighted by Gasteiger charge is -2.34. The maximum absolute atomic E-state index is 13.9. The molecule has 2 bridgehead atoms. The molecule has 2 aromatic carbocycles. The molecular formula is C23H19ClF3N3O2. The summed E-state index contributed by atoms with van der Waals surface area (Å²) in [6.07, 6.45) is 1.96. The highest BCUT2D eigenvalue weighted by molar-refractivity contribution is 6.35. The topological polar surface area (TPSA) is 47.4 Å². The highest BCUT2D eigenvalue weighted by atomic mass is 35.5. The Hall–Kier alpha value is -3.00. The maximum Gasteiger partial charge on any atom is 0.256 e. The zero-order valence-corrected chi connectivity index (χ0v) is 18.1. The van der Waals surface area contributed by atoms with Crippen LogP contribution in [0, 0.1) is 17.5 Å². The zero-order chi connectivity index (χ0) is 22.7. The molecule has 1 aromatic heterocycles. The van der Waals surface area contributed by atoms with Gasteiger partial charge in [0.1, 0.15) is 5.75 Å². The first kappa shape index (κ1) is 20.9. The molecular weight excluding hydrogens is 443 g/mol. The number of ether oxygens (including phenoxy) is 1. The zero-order valence-electron chi connectivity index (χ0n) is 17.3. The van der Waals surface area contributed by atoms with Crippen LogP contribution in [-0.4, -0.2) is 33.7 Å². The summed E-state index contributed by atoms with van der Waals surface area (Å²) in [5.74, 6) is -3.80. The van der Waals surface area contributed by atoms with E-state index in [0.29, 0.717) is 35.5 Å². The minimum absolute atomic E-state index is 0.111. The van der Waals surface area contributed by atoms with Gasteiger partial charge in [-0.3, -0.25) is 9.48 Å². The first-order valence-electron chi connectivity index (χ1n) is 10.2. The predicted octanol–water partition coefficient (Wildman–Crippen LogP) is 5.07. The number of carbonyl (C=O) groups excluding carboxylic acids is 1. The summed E-state index contributed by atoms with van der Waals surface area (Å²) in [4.78, 5) is 15.3. The van der Waals surface area contributed by atoms with Gasteiger partial charge in [0, 0.05) is 24.2 Å². The van der Waals surface area contributed by atoms with Gasteiger partial charge in [0.25, 0.3) is 5.91 Å². The van der Waals surface area contributed by atoms with E-state index < -0.39 is 17.5 Å².